The highest BCUT2D eigenvalue weighted by molar-refractivity contribution is 7.11. The predicted octanol–water partition coefficient (Wildman–Crippen LogP) is 2.65. The van der Waals surface area contributed by atoms with E-state index in [2.05, 4.69) is 9.97 Å². The monoisotopic (exact) mass is 290 g/mol. The molecule has 1 N–H and O–H groups in total. The summed E-state index contributed by atoms with van der Waals surface area (Å²) in [7, 11) is 1.39. The van der Waals surface area contributed by atoms with E-state index in [9.17, 15) is 18.3 Å². The van der Waals surface area contributed by atoms with Gasteiger partial charge in [0, 0.05) is 18.0 Å². The molecule has 0 amide bonds. The van der Waals surface area contributed by atoms with E-state index in [1.54, 1.807) is 0 Å². The molecule has 2 heterocycles. The lowest BCUT2D eigenvalue weighted by atomic mass is 10.1. The van der Waals surface area contributed by atoms with Crippen LogP contribution in [0.25, 0.3) is 0 Å². The molecule has 0 saturated carbocycles. The number of methoxy groups -OCH3 is 1. The van der Waals surface area contributed by atoms with Crippen LogP contribution in [0.15, 0.2) is 24.7 Å². The van der Waals surface area contributed by atoms with Crippen molar-refractivity contribution in [2.24, 2.45) is 0 Å². The van der Waals surface area contributed by atoms with Crippen molar-refractivity contribution in [2.45, 2.75) is 12.3 Å². The minimum atomic E-state index is -4.51. The molecular formula is C11H9F3N2O2S. The van der Waals surface area contributed by atoms with Crippen LogP contribution in [-0.4, -0.2) is 22.2 Å². The Morgan fingerprint density at radius 2 is 2.11 bits per heavy atom. The molecule has 1 unspecified atom stereocenters. The molecule has 0 fully saturated rings. The molecule has 102 valence electrons. The smallest absolute Gasteiger partial charge is 0.443 e. The fourth-order valence-electron chi connectivity index (χ4n) is 1.48. The number of hydrogen-bond donors (Lipinski definition) is 1. The molecule has 19 heavy (non-hydrogen) atoms. The molecule has 2 rings (SSSR count). The SMILES string of the molecule is COc1cnccc1C(O)c1cnc(C(F)(F)F)s1. The standard InChI is InChI=1S/C11H9F3N2O2S/c1-18-7-4-15-3-2-6(7)9(17)8-5-16-10(19-8)11(12,13)14/h2-5,9,17H,1H3. The molecule has 2 aromatic rings. The van der Waals surface area contributed by atoms with Crippen LogP contribution in [0.1, 0.15) is 21.6 Å². The number of aliphatic hydroxyl groups excluding tert-OH is 1. The first-order valence-electron chi connectivity index (χ1n) is 5.12. The number of aliphatic hydroxyl groups is 1. The van der Waals surface area contributed by atoms with Gasteiger partial charge in [-0.25, -0.2) is 4.98 Å². The van der Waals surface area contributed by atoms with Crippen molar-refractivity contribution in [3.05, 3.63) is 40.1 Å². The van der Waals surface area contributed by atoms with Gasteiger partial charge in [-0.05, 0) is 6.07 Å². The number of ether oxygens (including phenoxy) is 1. The second-order valence-corrected chi connectivity index (χ2v) is 4.65. The molecule has 0 aliphatic rings. The number of hydrogen-bond acceptors (Lipinski definition) is 5. The van der Waals surface area contributed by atoms with Crippen LogP contribution in [-0.2, 0) is 6.18 Å². The summed E-state index contributed by atoms with van der Waals surface area (Å²) in [5, 5.41) is 9.09. The van der Waals surface area contributed by atoms with E-state index in [1.807, 2.05) is 0 Å². The average Bonchev–Trinajstić information content (AvgIpc) is 2.87. The van der Waals surface area contributed by atoms with Gasteiger partial charge in [0.1, 0.15) is 11.9 Å². The van der Waals surface area contributed by atoms with Crippen molar-refractivity contribution in [2.75, 3.05) is 7.11 Å². The lowest BCUT2D eigenvalue weighted by Gasteiger charge is -2.12. The van der Waals surface area contributed by atoms with Crippen molar-refractivity contribution in [1.29, 1.82) is 0 Å². The van der Waals surface area contributed by atoms with E-state index in [0.717, 1.165) is 6.20 Å². The van der Waals surface area contributed by atoms with Crippen molar-refractivity contribution in [3.63, 3.8) is 0 Å². The number of thiazole rings is 1. The Bertz CT molecular complexity index is 571. The quantitative estimate of drug-likeness (QED) is 0.944. The van der Waals surface area contributed by atoms with E-state index in [1.165, 1.54) is 25.6 Å². The summed E-state index contributed by atoms with van der Waals surface area (Å²) in [6.45, 7) is 0. The second-order valence-electron chi connectivity index (χ2n) is 3.59. The van der Waals surface area contributed by atoms with Crippen molar-refractivity contribution in [3.8, 4) is 5.75 Å². The van der Waals surface area contributed by atoms with Gasteiger partial charge in [0.05, 0.1) is 18.2 Å². The summed E-state index contributed by atoms with van der Waals surface area (Å²) in [5.41, 5.74) is 0.342. The fourth-order valence-corrected chi connectivity index (χ4v) is 2.27. The number of alkyl halides is 3. The number of halogens is 3. The highest BCUT2D eigenvalue weighted by Crippen LogP contribution is 2.37. The minimum absolute atomic E-state index is 0.0943. The minimum Gasteiger partial charge on any atom is -0.495 e. The van der Waals surface area contributed by atoms with Crippen LogP contribution in [0.2, 0.25) is 0 Å². The molecule has 0 aromatic carbocycles. The predicted molar refractivity (Wildman–Crippen MR) is 62.0 cm³/mol. The third-order valence-electron chi connectivity index (χ3n) is 2.37. The van der Waals surface area contributed by atoms with E-state index in [-0.39, 0.29) is 4.88 Å². The summed E-state index contributed by atoms with van der Waals surface area (Å²) in [6.07, 6.45) is -1.92. The first kappa shape index (κ1) is 13.8. The van der Waals surface area contributed by atoms with Gasteiger partial charge in [-0.2, -0.15) is 13.2 Å². The Morgan fingerprint density at radius 1 is 1.37 bits per heavy atom. The molecular weight excluding hydrogens is 281 g/mol. The maximum absolute atomic E-state index is 12.4. The summed E-state index contributed by atoms with van der Waals surface area (Å²) in [6, 6.07) is 1.48. The highest BCUT2D eigenvalue weighted by Gasteiger charge is 2.35. The summed E-state index contributed by atoms with van der Waals surface area (Å²) in [4.78, 5) is 7.17. The summed E-state index contributed by atoms with van der Waals surface area (Å²) >= 11 is 0.400. The first-order valence-corrected chi connectivity index (χ1v) is 5.94. The van der Waals surface area contributed by atoms with Gasteiger partial charge in [-0.3, -0.25) is 4.98 Å². The van der Waals surface area contributed by atoms with Crippen LogP contribution < -0.4 is 4.74 Å². The van der Waals surface area contributed by atoms with Crippen molar-refractivity contribution >= 4 is 11.3 Å². The highest BCUT2D eigenvalue weighted by atomic mass is 32.1. The number of aromatic nitrogens is 2. The lowest BCUT2D eigenvalue weighted by molar-refractivity contribution is -0.137. The van der Waals surface area contributed by atoms with Crippen LogP contribution in [0.5, 0.6) is 5.75 Å². The zero-order chi connectivity index (χ0) is 14.0. The average molecular weight is 290 g/mol. The Morgan fingerprint density at radius 3 is 2.68 bits per heavy atom. The Balaban J connectivity index is 2.34. The van der Waals surface area contributed by atoms with Gasteiger partial charge >= 0.3 is 6.18 Å². The third kappa shape index (κ3) is 2.85. The van der Waals surface area contributed by atoms with Crippen molar-refractivity contribution < 1.29 is 23.0 Å². The zero-order valence-corrected chi connectivity index (χ0v) is 10.5. The normalized spacial score (nSPS) is 13.3. The van der Waals surface area contributed by atoms with Crippen LogP contribution in [0, 0.1) is 0 Å². The van der Waals surface area contributed by atoms with Crippen LogP contribution in [0.4, 0.5) is 13.2 Å². The summed E-state index contributed by atoms with van der Waals surface area (Å²) in [5.74, 6) is 0.303. The van der Waals surface area contributed by atoms with Gasteiger partial charge in [0.15, 0.2) is 5.01 Å². The molecule has 4 nitrogen and oxygen atoms in total. The molecule has 1 atom stereocenters. The summed E-state index contributed by atoms with van der Waals surface area (Å²) < 4.78 is 42.3. The van der Waals surface area contributed by atoms with E-state index >= 15 is 0 Å². The fraction of sp³-hybridized carbons (Fsp3) is 0.273. The van der Waals surface area contributed by atoms with Gasteiger partial charge in [0.2, 0.25) is 0 Å². The molecule has 0 saturated heterocycles. The largest absolute Gasteiger partial charge is 0.495 e. The van der Waals surface area contributed by atoms with E-state index in [0.29, 0.717) is 22.6 Å². The molecule has 8 heteroatoms. The molecule has 0 aliphatic heterocycles. The Kier molecular flexibility index (Phi) is 3.72. The second kappa shape index (κ2) is 5.14. The van der Waals surface area contributed by atoms with Crippen molar-refractivity contribution in [1.82, 2.24) is 9.97 Å². The Hall–Kier alpha value is -1.67. The maximum atomic E-state index is 12.4. The molecule has 2 aromatic heterocycles. The molecule has 0 radical (unpaired) electrons. The van der Waals surface area contributed by atoms with Gasteiger partial charge < -0.3 is 9.84 Å². The molecule has 0 aliphatic carbocycles. The topological polar surface area (TPSA) is 55.2 Å². The zero-order valence-electron chi connectivity index (χ0n) is 9.68. The first-order chi connectivity index (χ1) is 8.93. The van der Waals surface area contributed by atoms with E-state index in [4.69, 9.17) is 4.74 Å². The van der Waals surface area contributed by atoms with Gasteiger partial charge in [-0.1, -0.05) is 0 Å². The van der Waals surface area contributed by atoms with Crippen LogP contribution >= 0.6 is 11.3 Å². The number of nitrogens with zero attached hydrogens (tertiary/aromatic N) is 2. The van der Waals surface area contributed by atoms with Gasteiger partial charge in [0.25, 0.3) is 0 Å². The lowest BCUT2D eigenvalue weighted by Crippen LogP contribution is -2.03. The molecule has 0 spiro atoms. The molecule has 0 bridgehead atoms. The Labute approximate surface area is 110 Å². The number of rotatable bonds is 3. The number of pyridine rings is 1. The van der Waals surface area contributed by atoms with E-state index < -0.39 is 17.3 Å². The van der Waals surface area contributed by atoms with Crippen LogP contribution in [0.3, 0.4) is 0 Å². The third-order valence-corrected chi connectivity index (χ3v) is 3.46. The maximum Gasteiger partial charge on any atom is 0.443 e. The van der Waals surface area contributed by atoms with Gasteiger partial charge in [-0.15, -0.1) is 11.3 Å².